The van der Waals surface area contributed by atoms with Crippen molar-refractivity contribution in [3.63, 3.8) is 0 Å². The van der Waals surface area contributed by atoms with Crippen LogP contribution >= 0.6 is 35.0 Å². The van der Waals surface area contributed by atoms with E-state index in [1.165, 1.54) is 16.3 Å². The van der Waals surface area contributed by atoms with Gasteiger partial charge in [-0.15, -0.1) is 0 Å². The van der Waals surface area contributed by atoms with Crippen LogP contribution in [0.3, 0.4) is 0 Å². The molecule has 0 fully saturated rings. The van der Waals surface area contributed by atoms with E-state index < -0.39 is 5.25 Å². The Morgan fingerprint density at radius 1 is 1.00 bits per heavy atom. The van der Waals surface area contributed by atoms with Crippen LogP contribution < -0.4 is 10.9 Å². The van der Waals surface area contributed by atoms with Gasteiger partial charge < -0.3 is 5.32 Å². The van der Waals surface area contributed by atoms with Gasteiger partial charge in [0, 0.05) is 0 Å². The van der Waals surface area contributed by atoms with Crippen molar-refractivity contribution in [3.8, 4) is 5.69 Å². The average Bonchev–Trinajstić information content (AvgIpc) is 2.77. The van der Waals surface area contributed by atoms with Crippen LogP contribution in [-0.2, 0) is 4.79 Å². The molecule has 1 N–H and O–H groups in total. The number of amides is 1. The summed E-state index contributed by atoms with van der Waals surface area (Å²) < 4.78 is 1.53. The first-order valence-corrected chi connectivity index (χ1v) is 11.1. The standard InChI is InChI=1S/C23H17Cl2N3O2S/c1-14(21(29)26-19-13-7-11-17(24)20(19)25)31-23-27-18-12-6-5-10-16(18)22(30)28(23)15-8-3-2-4-9-15/h2-14H,1H3,(H,26,29). The fourth-order valence-electron chi connectivity index (χ4n) is 3.04. The molecule has 8 heteroatoms. The second kappa shape index (κ2) is 9.14. The predicted molar refractivity (Wildman–Crippen MR) is 128 cm³/mol. The third-order valence-corrected chi connectivity index (χ3v) is 6.49. The van der Waals surface area contributed by atoms with Crippen LogP contribution in [0.4, 0.5) is 5.69 Å². The molecule has 3 aromatic carbocycles. The number of hydrogen-bond acceptors (Lipinski definition) is 4. The number of benzene rings is 3. The summed E-state index contributed by atoms with van der Waals surface area (Å²) in [7, 11) is 0. The van der Waals surface area contributed by atoms with Crippen LogP contribution in [-0.4, -0.2) is 20.7 Å². The molecule has 4 rings (SSSR count). The molecule has 4 aromatic rings. The van der Waals surface area contributed by atoms with E-state index >= 15 is 0 Å². The fraction of sp³-hybridized carbons (Fsp3) is 0.0870. The number of anilines is 1. The minimum Gasteiger partial charge on any atom is -0.324 e. The first kappa shape index (κ1) is 21.4. The van der Waals surface area contributed by atoms with Crippen LogP contribution in [0.2, 0.25) is 10.0 Å². The summed E-state index contributed by atoms with van der Waals surface area (Å²) in [5.74, 6) is -0.281. The van der Waals surface area contributed by atoms with Gasteiger partial charge in [0.1, 0.15) is 0 Å². The fourth-order valence-corrected chi connectivity index (χ4v) is 4.32. The number of nitrogens with one attached hydrogen (secondary N) is 1. The number of nitrogens with zero attached hydrogens (tertiary/aromatic N) is 2. The molecule has 1 unspecified atom stereocenters. The van der Waals surface area contributed by atoms with E-state index in [1.807, 2.05) is 36.4 Å². The first-order valence-electron chi connectivity index (χ1n) is 9.44. The number of hydrogen-bond donors (Lipinski definition) is 1. The number of halogens is 2. The average molecular weight is 470 g/mol. The van der Waals surface area contributed by atoms with Crippen molar-refractivity contribution in [1.82, 2.24) is 9.55 Å². The zero-order chi connectivity index (χ0) is 22.0. The Balaban J connectivity index is 1.71. The first-order chi connectivity index (χ1) is 15.0. The Morgan fingerprint density at radius 3 is 2.48 bits per heavy atom. The highest BCUT2D eigenvalue weighted by Gasteiger charge is 2.21. The highest BCUT2D eigenvalue weighted by Crippen LogP contribution is 2.31. The second-order valence-corrected chi connectivity index (χ2v) is 8.83. The molecule has 0 saturated carbocycles. The number of para-hydroxylation sites is 2. The van der Waals surface area contributed by atoms with Crippen molar-refractivity contribution in [1.29, 1.82) is 0 Å². The van der Waals surface area contributed by atoms with Crippen LogP contribution in [0.1, 0.15) is 6.92 Å². The molecule has 5 nitrogen and oxygen atoms in total. The lowest BCUT2D eigenvalue weighted by atomic mass is 10.2. The van der Waals surface area contributed by atoms with Gasteiger partial charge >= 0.3 is 0 Å². The van der Waals surface area contributed by atoms with Crippen LogP contribution in [0.15, 0.2) is 82.7 Å². The smallest absolute Gasteiger partial charge is 0.266 e. The number of carbonyl (C=O) groups is 1. The van der Waals surface area contributed by atoms with E-state index in [-0.39, 0.29) is 16.5 Å². The molecule has 156 valence electrons. The topological polar surface area (TPSA) is 64.0 Å². The molecule has 0 aliphatic heterocycles. The normalized spacial score (nSPS) is 12.0. The maximum atomic E-state index is 13.3. The van der Waals surface area contributed by atoms with Crippen molar-refractivity contribution in [2.75, 3.05) is 5.32 Å². The molecule has 0 aliphatic rings. The quantitative estimate of drug-likeness (QED) is 0.295. The SMILES string of the molecule is CC(Sc1nc2ccccc2c(=O)n1-c1ccccc1)C(=O)Nc1cccc(Cl)c1Cl. The number of aromatic nitrogens is 2. The van der Waals surface area contributed by atoms with Crippen molar-refractivity contribution in [3.05, 3.63) is 93.2 Å². The molecule has 31 heavy (non-hydrogen) atoms. The zero-order valence-corrected chi connectivity index (χ0v) is 18.7. The van der Waals surface area contributed by atoms with E-state index in [9.17, 15) is 9.59 Å². The molecule has 1 amide bonds. The molecule has 0 bridgehead atoms. The molecule has 1 heterocycles. The second-order valence-electron chi connectivity index (χ2n) is 6.74. The Kier molecular flexibility index (Phi) is 6.32. The minimum atomic E-state index is -0.557. The summed E-state index contributed by atoms with van der Waals surface area (Å²) in [6.45, 7) is 1.75. The number of fused-ring (bicyclic) bond motifs is 1. The Hall–Kier alpha value is -2.80. The maximum Gasteiger partial charge on any atom is 0.266 e. The van der Waals surface area contributed by atoms with E-state index in [1.54, 1.807) is 43.3 Å². The van der Waals surface area contributed by atoms with Gasteiger partial charge in [0.15, 0.2) is 5.16 Å². The third-order valence-electron chi connectivity index (χ3n) is 4.62. The Bertz CT molecular complexity index is 1330. The van der Waals surface area contributed by atoms with Crippen LogP contribution in [0.25, 0.3) is 16.6 Å². The molecule has 1 aromatic heterocycles. The maximum absolute atomic E-state index is 13.3. The molecule has 0 saturated heterocycles. The molecule has 0 radical (unpaired) electrons. The Morgan fingerprint density at radius 2 is 1.71 bits per heavy atom. The van der Waals surface area contributed by atoms with E-state index in [0.717, 1.165) is 0 Å². The van der Waals surface area contributed by atoms with Gasteiger partial charge in [-0.2, -0.15) is 0 Å². The van der Waals surface area contributed by atoms with Crippen LogP contribution in [0, 0.1) is 0 Å². The van der Waals surface area contributed by atoms with Crippen molar-refractivity contribution in [2.24, 2.45) is 0 Å². The van der Waals surface area contributed by atoms with E-state index in [2.05, 4.69) is 10.3 Å². The summed E-state index contributed by atoms with van der Waals surface area (Å²) in [6.07, 6.45) is 0. The van der Waals surface area contributed by atoms with Crippen molar-refractivity contribution >= 4 is 57.5 Å². The lowest BCUT2D eigenvalue weighted by Crippen LogP contribution is -2.26. The summed E-state index contributed by atoms with van der Waals surface area (Å²) >= 11 is 13.4. The number of carbonyl (C=O) groups excluding carboxylic acids is 1. The van der Waals surface area contributed by atoms with E-state index in [4.69, 9.17) is 23.2 Å². The van der Waals surface area contributed by atoms with Gasteiger partial charge in [0.05, 0.1) is 37.6 Å². The van der Waals surface area contributed by atoms with Crippen molar-refractivity contribution < 1.29 is 4.79 Å². The van der Waals surface area contributed by atoms with Crippen LogP contribution in [0.5, 0.6) is 0 Å². The van der Waals surface area contributed by atoms with Gasteiger partial charge in [0.2, 0.25) is 5.91 Å². The lowest BCUT2D eigenvalue weighted by molar-refractivity contribution is -0.115. The predicted octanol–water partition coefficient (Wildman–Crippen LogP) is 5.81. The Labute approximate surface area is 193 Å². The number of rotatable bonds is 5. The van der Waals surface area contributed by atoms with Crippen molar-refractivity contribution in [2.45, 2.75) is 17.3 Å². The lowest BCUT2D eigenvalue weighted by Gasteiger charge is -2.17. The molecule has 1 atom stereocenters. The zero-order valence-electron chi connectivity index (χ0n) is 16.4. The third kappa shape index (κ3) is 4.46. The monoisotopic (exact) mass is 469 g/mol. The highest BCUT2D eigenvalue weighted by molar-refractivity contribution is 8.00. The van der Waals surface area contributed by atoms with Gasteiger partial charge in [-0.1, -0.05) is 71.4 Å². The molecular formula is C23H17Cl2N3O2S. The van der Waals surface area contributed by atoms with Gasteiger partial charge in [0.25, 0.3) is 5.56 Å². The van der Waals surface area contributed by atoms with Gasteiger partial charge in [-0.25, -0.2) is 4.98 Å². The summed E-state index contributed by atoms with van der Waals surface area (Å²) in [5.41, 5.74) is 1.50. The molecule has 0 aliphatic carbocycles. The largest absolute Gasteiger partial charge is 0.324 e. The van der Waals surface area contributed by atoms with E-state index in [0.29, 0.717) is 32.5 Å². The molecular weight excluding hydrogens is 453 g/mol. The molecule has 0 spiro atoms. The van der Waals surface area contributed by atoms with Gasteiger partial charge in [-0.05, 0) is 43.3 Å². The summed E-state index contributed by atoms with van der Waals surface area (Å²) in [6, 6.07) is 21.4. The highest BCUT2D eigenvalue weighted by atomic mass is 35.5. The minimum absolute atomic E-state index is 0.190. The number of thioether (sulfide) groups is 1. The van der Waals surface area contributed by atoms with Gasteiger partial charge in [-0.3, -0.25) is 14.2 Å². The summed E-state index contributed by atoms with van der Waals surface area (Å²) in [4.78, 5) is 30.8. The summed E-state index contributed by atoms with van der Waals surface area (Å²) in [5, 5.41) is 3.80.